The van der Waals surface area contributed by atoms with Crippen LogP contribution < -0.4 is 11.1 Å². The normalized spacial score (nSPS) is 12.5. The second kappa shape index (κ2) is 5.52. The van der Waals surface area contributed by atoms with Crippen LogP contribution in [0.5, 0.6) is 0 Å². The van der Waals surface area contributed by atoms with Crippen LogP contribution in [0.25, 0.3) is 0 Å². The fourth-order valence-electron chi connectivity index (χ4n) is 1.78. The van der Waals surface area contributed by atoms with Gasteiger partial charge in [0.2, 0.25) is 0 Å². The maximum absolute atomic E-state index is 12.1. The fourth-order valence-corrected chi connectivity index (χ4v) is 1.78. The third kappa shape index (κ3) is 2.61. The van der Waals surface area contributed by atoms with Gasteiger partial charge in [0.1, 0.15) is 5.54 Å². The van der Waals surface area contributed by atoms with Crippen molar-refractivity contribution in [3.05, 3.63) is 18.0 Å². The Balaban J connectivity index is 2.95. The molecule has 0 unspecified atom stereocenters. The van der Waals surface area contributed by atoms with E-state index >= 15 is 0 Å². The highest BCUT2D eigenvalue weighted by Crippen LogP contribution is 2.16. The van der Waals surface area contributed by atoms with Gasteiger partial charge in [-0.05, 0) is 12.8 Å². The van der Waals surface area contributed by atoms with Crippen LogP contribution in [0.3, 0.4) is 0 Å². The number of hydrogen-bond donors (Lipinski definition) is 3. The predicted octanol–water partition coefficient (Wildman–Crippen LogP) is 0.455. The number of aromatic nitrogens is 2. The molecule has 0 aliphatic rings. The molecule has 0 bridgehead atoms. The van der Waals surface area contributed by atoms with Crippen molar-refractivity contribution in [1.29, 1.82) is 0 Å². The average molecular weight is 253 g/mol. The molecule has 4 N–H and O–H groups in total. The first kappa shape index (κ1) is 14.0. The summed E-state index contributed by atoms with van der Waals surface area (Å²) in [6, 6.07) is 0. The van der Waals surface area contributed by atoms with Crippen molar-refractivity contribution in [3.63, 3.8) is 0 Å². The lowest BCUT2D eigenvalue weighted by atomic mass is 9.91. The summed E-state index contributed by atoms with van der Waals surface area (Å²) in [5.41, 5.74) is 5.28. The van der Waals surface area contributed by atoms with E-state index < -0.39 is 5.54 Å². The molecule has 0 aliphatic carbocycles. The summed E-state index contributed by atoms with van der Waals surface area (Å²) in [7, 11) is 1.73. The van der Waals surface area contributed by atoms with E-state index in [9.17, 15) is 4.79 Å². The second-order valence-corrected chi connectivity index (χ2v) is 4.13. The van der Waals surface area contributed by atoms with Crippen LogP contribution >= 0.6 is 0 Å². The highest BCUT2D eigenvalue weighted by molar-refractivity contribution is 5.99. The summed E-state index contributed by atoms with van der Waals surface area (Å²) < 4.78 is 1.54. The molecular weight excluding hydrogens is 234 g/mol. The lowest BCUT2D eigenvalue weighted by molar-refractivity contribution is 0.0917. The molecule has 0 aromatic carbocycles. The number of hydrogen-bond acceptors (Lipinski definition) is 4. The van der Waals surface area contributed by atoms with E-state index in [1.807, 2.05) is 13.8 Å². The van der Waals surface area contributed by atoms with Gasteiger partial charge in [0.05, 0.1) is 11.8 Å². The van der Waals surface area contributed by atoms with Gasteiger partial charge in [0.25, 0.3) is 5.91 Å². The standard InChI is InChI=1S/C11H19N5O2/c1-4-11(5-2,10(12)15-18)14-9(17)8-6-13-16(3)7-8/h6-7,18H,4-5H2,1-3H3,(H2,12,15)(H,14,17). The lowest BCUT2D eigenvalue weighted by Crippen LogP contribution is -2.56. The Morgan fingerprint density at radius 2 is 2.22 bits per heavy atom. The van der Waals surface area contributed by atoms with Crippen LogP contribution in [0.1, 0.15) is 37.0 Å². The van der Waals surface area contributed by atoms with Crippen molar-refractivity contribution in [3.8, 4) is 0 Å². The number of carbonyl (C=O) groups is 1. The zero-order chi connectivity index (χ0) is 13.8. The zero-order valence-electron chi connectivity index (χ0n) is 10.8. The van der Waals surface area contributed by atoms with E-state index in [0.717, 1.165) is 0 Å². The first-order chi connectivity index (χ1) is 8.49. The Labute approximate surface area is 106 Å². The van der Waals surface area contributed by atoms with Crippen molar-refractivity contribution in [2.24, 2.45) is 17.9 Å². The third-order valence-corrected chi connectivity index (χ3v) is 3.13. The molecule has 1 rings (SSSR count). The number of aryl methyl sites for hydroxylation is 1. The Morgan fingerprint density at radius 1 is 1.61 bits per heavy atom. The first-order valence-corrected chi connectivity index (χ1v) is 5.78. The van der Waals surface area contributed by atoms with E-state index in [2.05, 4.69) is 15.6 Å². The molecule has 0 aliphatic heterocycles. The van der Waals surface area contributed by atoms with Crippen LogP contribution in [0.15, 0.2) is 17.5 Å². The number of rotatable bonds is 5. The number of nitrogens with zero attached hydrogens (tertiary/aromatic N) is 3. The molecule has 0 spiro atoms. The minimum absolute atomic E-state index is 0.00439. The predicted molar refractivity (Wildman–Crippen MR) is 67.4 cm³/mol. The monoisotopic (exact) mass is 253 g/mol. The molecule has 7 heteroatoms. The first-order valence-electron chi connectivity index (χ1n) is 5.78. The molecule has 100 valence electrons. The summed E-state index contributed by atoms with van der Waals surface area (Å²) in [6.07, 6.45) is 4.15. The third-order valence-electron chi connectivity index (χ3n) is 3.13. The Hall–Kier alpha value is -2.05. The molecule has 1 amide bonds. The average Bonchev–Trinajstić information content (AvgIpc) is 2.81. The van der Waals surface area contributed by atoms with Gasteiger partial charge in [-0.3, -0.25) is 9.48 Å². The van der Waals surface area contributed by atoms with Crippen molar-refractivity contribution in [2.45, 2.75) is 32.2 Å². The van der Waals surface area contributed by atoms with Crippen LogP contribution in [0.2, 0.25) is 0 Å². The fraction of sp³-hybridized carbons (Fsp3) is 0.545. The van der Waals surface area contributed by atoms with Gasteiger partial charge in [-0.1, -0.05) is 19.0 Å². The number of carbonyl (C=O) groups excluding carboxylic acids is 1. The van der Waals surface area contributed by atoms with Crippen molar-refractivity contribution >= 4 is 11.7 Å². The van der Waals surface area contributed by atoms with Crippen molar-refractivity contribution in [2.75, 3.05) is 0 Å². The molecule has 7 nitrogen and oxygen atoms in total. The summed E-state index contributed by atoms with van der Waals surface area (Å²) in [6.45, 7) is 3.73. The van der Waals surface area contributed by atoms with E-state index in [1.165, 1.54) is 10.9 Å². The van der Waals surface area contributed by atoms with Gasteiger partial charge in [-0.15, -0.1) is 0 Å². The minimum atomic E-state index is -0.832. The lowest BCUT2D eigenvalue weighted by Gasteiger charge is -2.31. The van der Waals surface area contributed by atoms with Gasteiger partial charge >= 0.3 is 0 Å². The number of amides is 1. The number of amidine groups is 1. The van der Waals surface area contributed by atoms with Crippen LogP contribution in [0.4, 0.5) is 0 Å². The van der Waals surface area contributed by atoms with Crippen LogP contribution in [0, 0.1) is 0 Å². The van der Waals surface area contributed by atoms with E-state index in [0.29, 0.717) is 18.4 Å². The van der Waals surface area contributed by atoms with Gasteiger partial charge in [0.15, 0.2) is 5.84 Å². The molecule has 0 atom stereocenters. The van der Waals surface area contributed by atoms with Gasteiger partial charge in [0, 0.05) is 13.2 Å². The molecule has 0 saturated carbocycles. The quantitative estimate of drug-likeness (QED) is 0.306. The number of nitrogens with two attached hydrogens (primary N) is 1. The van der Waals surface area contributed by atoms with E-state index in [4.69, 9.17) is 10.9 Å². The van der Waals surface area contributed by atoms with E-state index in [1.54, 1.807) is 13.2 Å². The zero-order valence-corrected chi connectivity index (χ0v) is 10.8. The number of oxime groups is 1. The molecule has 0 fully saturated rings. The van der Waals surface area contributed by atoms with Gasteiger partial charge in [-0.2, -0.15) is 5.10 Å². The van der Waals surface area contributed by atoms with Crippen molar-refractivity contribution < 1.29 is 10.0 Å². The van der Waals surface area contributed by atoms with E-state index in [-0.39, 0.29) is 11.7 Å². The minimum Gasteiger partial charge on any atom is -0.409 e. The maximum atomic E-state index is 12.1. The largest absolute Gasteiger partial charge is 0.409 e. The molecule has 1 heterocycles. The van der Waals surface area contributed by atoms with Gasteiger partial charge in [-0.25, -0.2) is 0 Å². The summed E-state index contributed by atoms with van der Waals surface area (Å²) in [4.78, 5) is 12.1. The number of nitrogens with one attached hydrogen (secondary N) is 1. The highest BCUT2D eigenvalue weighted by Gasteiger charge is 2.33. The molecule has 18 heavy (non-hydrogen) atoms. The SMILES string of the molecule is CCC(CC)(NC(=O)c1cnn(C)c1)/C(N)=N/O. The van der Waals surface area contributed by atoms with Gasteiger partial charge < -0.3 is 16.3 Å². The van der Waals surface area contributed by atoms with Crippen molar-refractivity contribution in [1.82, 2.24) is 15.1 Å². The Bertz CT molecular complexity index is 448. The summed E-state index contributed by atoms with van der Waals surface area (Å²) >= 11 is 0. The summed E-state index contributed by atoms with van der Waals surface area (Å²) in [5, 5.41) is 18.6. The Kier molecular flexibility index (Phi) is 4.30. The summed E-state index contributed by atoms with van der Waals surface area (Å²) in [5.74, 6) is -0.289. The highest BCUT2D eigenvalue weighted by atomic mass is 16.4. The maximum Gasteiger partial charge on any atom is 0.255 e. The Morgan fingerprint density at radius 3 is 2.61 bits per heavy atom. The molecule has 0 radical (unpaired) electrons. The molecule has 1 aromatic heterocycles. The van der Waals surface area contributed by atoms with Crippen LogP contribution in [-0.2, 0) is 7.05 Å². The molecular formula is C11H19N5O2. The topological polar surface area (TPSA) is 106 Å². The smallest absolute Gasteiger partial charge is 0.255 e. The van der Waals surface area contributed by atoms with Crippen LogP contribution in [-0.4, -0.2) is 32.3 Å². The molecule has 1 aromatic rings. The second-order valence-electron chi connectivity index (χ2n) is 4.13. The molecule has 0 saturated heterocycles.